The molecule has 0 saturated carbocycles. The van der Waals surface area contributed by atoms with Crippen LogP contribution in [0.2, 0.25) is 0 Å². The van der Waals surface area contributed by atoms with Crippen LogP contribution in [0.1, 0.15) is 13.3 Å². The Bertz CT molecular complexity index is 221. The lowest BCUT2D eigenvalue weighted by molar-refractivity contribution is 0.314. The van der Waals surface area contributed by atoms with Crippen LogP contribution in [-0.4, -0.2) is 33.3 Å². The Morgan fingerprint density at radius 1 is 1.64 bits per heavy atom. The van der Waals surface area contributed by atoms with E-state index < -0.39 is 10.0 Å². The third-order valence-electron chi connectivity index (χ3n) is 1.87. The lowest BCUT2D eigenvalue weighted by Gasteiger charge is -2.32. The number of hydrogen-bond donors (Lipinski definition) is 2. The van der Waals surface area contributed by atoms with E-state index in [1.807, 2.05) is 6.92 Å². The molecule has 0 aromatic rings. The summed E-state index contributed by atoms with van der Waals surface area (Å²) in [5, 5.41) is 3.14. The van der Waals surface area contributed by atoms with Crippen molar-refractivity contribution < 1.29 is 8.42 Å². The first kappa shape index (κ1) is 8.96. The van der Waals surface area contributed by atoms with Crippen LogP contribution >= 0.6 is 0 Å². The Kier molecular flexibility index (Phi) is 2.51. The minimum absolute atomic E-state index is 0.0127. The van der Waals surface area contributed by atoms with Crippen LogP contribution in [0.3, 0.4) is 0 Å². The normalized spacial score (nSPS) is 27.6. The van der Waals surface area contributed by atoms with Gasteiger partial charge in [-0.3, -0.25) is 0 Å². The highest BCUT2D eigenvalue weighted by atomic mass is 32.2. The van der Waals surface area contributed by atoms with Crippen molar-refractivity contribution in [3.8, 4) is 0 Å². The van der Waals surface area contributed by atoms with E-state index in [0.29, 0.717) is 6.04 Å². The van der Waals surface area contributed by atoms with Gasteiger partial charge in [0.2, 0.25) is 10.0 Å². The Morgan fingerprint density at radius 3 is 2.45 bits per heavy atom. The van der Waals surface area contributed by atoms with Crippen molar-refractivity contribution >= 4 is 10.0 Å². The van der Waals surface area contributed by atoms with Gasteiger partial charge < -0.3 is 5.32 Å². The van der Waals surface area contributed by atoms with E-state index in [4.69, 9.17) is 0 Å². The monoisotopic (exact) mass is 178 g/mol. The summed E-state index contributed by atoms with van der Waals surface area (Å²) in [6, 6.07) is 0.337. The van der Waals surface area contributed by atoms with Crippen molar-refractivity contribution in [3.63, 3.8) is 0 Å². The zero-order valence-corrected chi connectivity index (χ0v) is 7.61. The quantitative estimate of drug-likeness (QED) is 0.600. The van der Waals surface area contributed by atoms with Crippen molar-refractivity contribution in [2.75, 3.05) is 12.8 Å². The molecule has 2 unspecified atom stereocenters. The van der Waals surface area contributed by atoms with Gasteiger partial charge in [0.1, 0.15) is 0 Å². The summed E-state index contributed by atoms with van der Waals surface area (Å²) in [4.78, 5) is 0. The van der Waals surface area contributed by atoms with E-state index in [-0.39, 0.29) is 6.04 Å². The van der Waals surface area contributed by atoms with Gasteiger partial charge in [0.25, 0.3) is 0 Å². The summed E-state index contributed by atoms with van der Waals surface area (Å²) in [6.07, 6.45) is 2.24. The zero-order chi connectivity index (χ0) is 8.48. The van der Waals surface area contributed by atoms with E-state index >= 15 is 0 Å². The molecule has 2 atom stereocenters. The first-order valence-corrected chi connectivity index (χ1v) is 5.59. The minimum atomic E-state index is -3.03. The average Bonchev–Trinajstić information content (AvgIpc) is 1.50. The molecule has 1 saturated heterocycles. The molecule has 1 heterocycles. The second-order valence-corrected chi connectivity index (χ2v) is 4.81. The maximum atomic E-state index is 10.7. The number of rotatable bonds is 3. The Hall–Kier alpha value is -0.130. The molecule has 1 aliphatic heterocycles. The van der Waals surface area contributed by atoms with E-state index in [1.165, 1.54) is 6.26 Å². The molecule has 0 spiro atoms. The largest absolute Gasteiger partial charge is 0.312 e. The molecule has 1 aliphatic rings. The van der Waals surface area contributed by atoms with Crippen molar-refractivity contribution in [1.82, 2.24) is 10.0 Å². The molecule has 0 bridgehead atoms. The molecular formula is C6H14N2O2S. The standard InChI is InChI=1S/C6H14N2O2S/c1-5(6-3-4-7-6)8-11(2,9)10/h5-8H,3-4H2,1-2H3. The van der Waals surface area contributed by atoms with Gasteiger partial charge in [0.15, 0.2) is 0 Å². The van der Waals surface area contributed by atoms with Gasteiger partial charge in [-0.25, -0.2) is 13.1 Å². The van der Waals surface area contributed by atoms with Crippen LogP contribution in [-0.2, 0) is 10.0 Å². The lowest BCUT2D eigenvalue weighted by Crippen LogP contribution is -2.55. The molecule has 1 rings (SSSR count). The van der Waals surface area contributed by atoms with E-state index in [2.05, 4.69) is 10.0 Å². The fourth-order valence-corrected chi connectivity index (χ4v) is 2.00. The highest BCUT2D eigenvalue weighted by molar-refractivity contribution is 7.88. The number of sulfonamides is 1. The highest BCUT2D eigenvalue weighted by Gasteiger charge is 2.24. The number of nitrogens with one attached hydrogen (secondary N) is 2. The summed E-state index contributed by atoms with van der Waals surface area (Å²) in [5.41, 5.74) is 0. The van der Waals surface area contributed by atoms with Gasteiger partial charge in [0.05, 0.1) is 6.26 Å². The maximum absolute atomic E-state index is 10.7. The smallest absolute Gasteiger partial charge is 0.208 e. The average molecular weight is 178 g/mol. The SMILES string of the molecule is CC(NS(C)(=O)=O)C1CCN1. The van der Waals surface area contributed by atoms with Gasteiger partial charge in [-0.15, -0.1) is 0 Å². The molecule has 0 aromatic carbocycles. The predicted octanol–water partition coefficient (Wildman–Crippen LogP) is -0.714. The van der Waals surface area contributed by atoms with Crippen molar-refractivity contribution in [1.29, 1.82) is 0 Å². The molecule has 1 fully saturated rings. The predicted molar refractivity (Wildman–Crippen MR) is 43.8 cm³/mol. The fourth-order valence-electron chi connectivity index (χ4n) is 1.16. The van der Waals surface area contributed by atoms with Gasteiger partial charge in [0, 0.05) is 12.1 Å². The van der Waals surface area contributed by atoms with Crippen molar-refractivity contribution in [3.05, 3.63) is 0 Å². The van der Waals surface area contributed by atoms with Crippen molar-refractivity contribution in [2.45, 2.75) is 25.4 Å². The van der Waals surface area contributed by atoms with Crippen LogP contribution in [0, 0.1) is 0 Å². The first-order valence-electron chi connectivity index (χ1n) is 3.70. The first-order chi connectivity index (χ1) is 4.99. The topological polar surface area (TPSA) is 58.2 Å². The second kappa shape index (κ2) is 3.08. The van der Waals surface area contributed by atoms with Crippen LogP contribution in [0.25, 0.3) is 0 Å². The Morgan fingerprint density at radius 2 is 2.18 bits per heavy atom. The lowest BCUT2D eigenvalue weighted by atomic mass is 10.0. The summed E-state index contributed by atoms with van der Waals surface area (Å²) in [5.74, 6) is 0. The molecular weight excluding hydrogens is 164 g/mol. The molecule has 2 N–H and O–H groups in total. The minimum Gasteiger partial charge on any atom is -0.312 e. The molecule has 4 nitrogen and oxygen atoms in total. The van der Waals surface area contributed by atoms with Gasteiger partial charge in [-0.05, 0) is 19.9 Å². The van der Waals surface area contributed by atoms with Gasteiger partial charge >= 0.3 is 0 Å². The Labute approximate surface area is 67.4 Å². The van der Waals surface area contributed by atoms with Gasteiger partial charge in [-0.1, -0.05) is 0 Å². The molecule has 11 heavy (non-hydrogen) atoms. The molecule has 5 heteroatoms. The maximum Gasteiger partial charge on any atom is 0.208 e. The molecule has 0 aliphatic carbocycles. The molecule has 0 aromatic heterocycles. The van der Waals surface area contributed by atoms with Crippen LogP contribution in [0.15, 0.2) is 0 Å². The van der Waals surface area contributed by atoms with Crippen LogP contribution < -0.4 is 10.0 Å². The Balaban J connectivity index is 2.36. The summed E-state index contributed by atoms with van der Waals surface area (Å²) in [7, 11) is -3.03. The van der Waals surface area contributed by atoms with E-state index in [1.54, 1.807) is 0 Å². The third kappa shape index (κ3) is 2.76. The van der Waals surface area contributed by atoms with Crippen molar-refractivity contribution in [2.24, 2.45) is 0 Å². The third-order valence-corrected chi connectivity index (χ3v) is 2.67. The van der Waals surface area contributed by atoms with Crippen LogP contribution in [0.4, 0.5) is 0 Å². The summed E-state index contributed by atoms with van der Waals surface area (Å²) in [6.45, 7) is 2.87. The molecule has 0 amide bonds. The fraction of sp³-hybridized carbons (Fsp3) is 1.00. The molecule has 0 radical (unpaired) electrons. The molecule has 66 valence electrons. The van der Waals surface area contributed by atoms with E-state index in [0.717, 1.165) is 13.0 Å². The van der Waals surface area contributed by atoms with E-state index in [9.17, 15) is 8.42 Å². The highest BCUT2D eigenvalue weighted by Crippen LogP contribution is 2.06. The van der Waals surface area contributed by atoms with Gasteiger partial charge in [-0.2, -0.15) is 0 Å². The van der Waals surface area contributed by atoms with Crippen LogP contribution in [0.5, 0.6) is 0 Å². The summed E-state index contributed by atoms with van der Waals surface area (Å²) < 4.78 is 24.0. The second-order valence-electron chi connectivity index (χ2n) is 3.03. The number of hydrogen-bond acceptors (Lipinski definition) is 3. The zero-order valence-electron chi connectivity index (χ0n) is 6.79. The summed E-state index contributed by atoms with van der Waals surface area (Å²) >= 11 is 0.